The summed E-state index contributed by atoms with van der Waals surface area (Å²) in [6, 6.07) is 7.67. The number of methoxy groups -OCH3 is 1. The van der Waals surface area contributed by atoms with E-state index < -0.39 is 0 Å². The molecular formula is C14H18N2O2. The first-order valence-corrected chi connectivity index (χ1v) is 5.94. The summed E-state index contributed by atoms with van der Waals surface area (Å²) in [6.45, 7) is 1.93. The molecule has 0 aliphatic rings. The van der Waals surface area contributed by atoms with E-state index in [0.29, 0.717) is 5.56 Å². The molecule has 1 aromatic carbocycles. The lowest BCUT2D eigenvalue weighted by atomic mass is 10.1. The van der Waals surface area contributed by atoms with Crippen LogP contribution in [-0.2, 0) is 11.3 Å². The molecule has 0 fully saturated rings. The molecule has 2 aromatic rings. The van der Waals surface area contributed by atoms with Crippen molar-refractivity contribution in [1.29, 1.82) is 0 Å². The van der Waals surface area contributed by atoms with Crippen LogP contribution in [0.1, 0.15) is 10.4 Å². The number of carbonyl (C=O) groups is 1. The first-order valence-electron chi connectivity index (χ1n) is 5.94. The summed E-state index contributed by atoms with van der Waals surface area (Å²) >= 11 is 0. The van der Waals surface area contributed by atoms with Crippen molar-refractivity contribution < 1.29 is 9.53 Å². The van der Waals surface area contributed by atoms with Gasteiger partial charge in [-0.25, -0.2) is 4.79 Å². The molecule has 0 saturated carbocycles. The quantitative estimate of drug-likeness (QED) is 0.774. The van der Waals surface area contributed by atoms with Crippen LogP contribution >= 0.6 is 0 Å². The van der Waals surface area contributed by atoms with Crippen molar-refractivity contribution in [2.45, 2.75) is 6.54 Å². The van der Waals surface area contributed by atoms with Gasteiger partial charge in [-0.3, -0.25) is 0 Å². The summed E-state index contributed by atoms with van der Waals surface area (Å²) < 4.78 is 6.91. The smallest absolute Gasteiger partial charge is 0.337 e. The van der Waals surface area contributed by atoms with Crippen molar-refractivity contribution in [2.24, 2.45) is 0 Å². The molecule has 0 aliphatic heterocycles. The fourth-order valence-corrected chi connectivity index (χ4v) is 1.95. The maximum absolute atomic E-state index is 11.4. The Morgan fingerprint density at radius 1 is 1.33 bits per heavy atom. The van der Waals surface area contributed by atoms with Gasteiger partial charge in [0, 0.05) is 30.2 Å². The van der Waals surface area contributed by atoms with E-state index in [9.17, 15) is 4.79 Å². The van der Waals surface area contributed by atoms with Crippen LogP contribution in [0.15, 0.2) is 30.5 Å². The van der Waals surface area contributed by atoms with Gasteiger partial charge in [-0.1, -0.05) is 0 Å². The summed E-state index contributed by atoms with van der Waals surface area (Å²) in [6.07, 6.45) is 2.05. The van der Waals surface area contributed by atoms with E-state index in [2.05, 4.69) is 29.8 Å². The Kier molecular flexibility index (Phi) is 3.67. The minimum absolute atomic E-state index is 0.294. The lowest BCUT2D eigenvalue weighted by Crippen LogP contribution is -2.17. The zero-order valence-corrected chi connectivity index (χ0v) is 11.0. The molecule has 1 heterocycles. The van der Waals surface area contributed by atoms with Crippen molar-refractivity contribution >= 4 is 16.9 Å². The molecule has 0 spiro atoms. The highest BCUT2D eigenvalue weighted by molar-refractivity contribution is 5.94. The normalized spacial score (nSPS) is 11.1. The van der Waals surface area contributed by atoms with E-state index in [1.807, 2.05) is 18.2 Å². The van der Waals surface area contributed by atoms with Crippen molar-refractivity contribution in [3.63, 3.8) is 0 Å². The van der Waals surface area contributed by atoms with Crippen LogP contribution in [0.3, 0.4) is 0 Å². The molecule has 4 heteroatoms. The van der Waals surface area contributed by atoms with Gasteiger partial charge in [-0.15, -0.1) is 0 Å². The van der Waals surface area contributed by atoms with Crippen LogP contribution in [0.25, 0.3) is 10.9 Å². The van der Waals surface area contributed by atoms with E-state index in [0.717, 1.165) is 24.0 Å². The Labute approximate surface area is 107 Å². The standard InChI is InChI=1S/C14H18N2O2/c1-15(2)8-9-16-7-6-11-10-12(14(17)18-3)4-5-13(11)16/h4-7,10H,8-9H2,1-3H3. The number of ether oxygens (including phenoxy) is 1. The van der Waals surface area contributed by atoms with Gasteiger partial charge in [-0.05, 0) is 38.4 Å². The van der Waals surface area contributed by atoms with Crippen LogP contribution in [0, 0.1) is 0 Å². The topological polar surface area (TPSA) is 34.5 Å². The van der Waals surface area contributed by atoms with Crippen LogP contribution < -0.4 is 0 Å². The maximum atomic E-state index is 11.4. The van der Waals surface area contributed by atoms with Crippen LogP contribution in [-0.4, -0.2) is 43.2 Å². The predicted molar refractivity (Wildman–Crippen MR) is 71.8 cm³/mol. The second kappa shape index (κ2) is 5.23. The first kappa shape index (κ1) is 12.6. The molecule has 0 bridgehead atoms. The lowest BCUT2D eigenvalue weighted by Gasteiger charge is -2.11. The Morgan fingerprint density at radius 3 is 2.78 bits per heavy atom. The van der Waals surface area contributed by atoms with E-state index in [-0.39, 0.29) is 5.97 Å². The fourth-order valence-electron chi connectivity index (χ4n) is 1.95. The zero-order chi connectivity index (χ0) is 13.1. The van der Waals surface area contributed by atoms with Gasteiger partial charge in [0.2, 0.25) is 0 Å². The highest BCUT2D eigenvalue weighted by atomic mass is 16.5. The minimum Gasteiger partial charge on any atom is -0.465 e. The van der Waals surface area contributed by atoms with Gasteiger partial charge in [0.25, 0.3) is 0 Å². The second-order valence-electron chi connectivity index (χ2n) is 4.58. The largest absolute Gasteiger partial charge is 0.465 e. The van der Waals surface area contributed by atoms with Gasteiger partial charge in [0.05, 0.1) is 12.7 Å². The van der Waals surface area contributed by atoms with Crippen LogP contribution in [0.5, 0.6) is 0 Å². The molecule has 0 N–H and O–H groups in total. The van der Waals surface area contributed by atoms with E-state index in [1.165, 1.54) is 7.11 Å². The lowest BCUT2D eigenvalue weighted by molar-refractivity contribution is 0.0601. The summed E-state index contributed by atoms with van der Waals surface area (Å²) in [7, 11) is 5.51. The third-order valence-corrected chi connectivity index (χ3v) is 2.98. The van der Waals surface area contributed by atoms with Gasteiger partial charge in [-0.2, -0.15) is 0 Å². The Bertz CT molecular complexity index is 558. The molecule has 0 amide bonds. The average Bonchev–Trinajstić information content (AvgIpc) is 2.77. The number of likely N-dealkylation sites (N-methyl/N-ethyl adjacent to an activating group) is 1. The molecule has 4 nitrogen and oxygen atoms in total. The molecule has 0 radical (unpaired) electrons. The third kappa shape index (κ3) is 2.54. The number of esters is 1. The number of hydrogen-bond donors (Lipinski definition) is 0. The number of benzene rings is 1. The highest BCUT2D eigenvalue weighted by Crippen LogP contribution is 2.18. The number of carbonyl (C=O) groups excluding carboxylic acids is 1. The third-order valence-electron chi connectivity index (χ3n) is 2.98. The van der Waals surface area contributed by atoms with Crippen molar-refractivity contribution in [3.05, 3.63) is 36.0 Å². The Hall–Kier alpha value is -1.81. The molecule has 0 aliphatic carbocycles. The summed E-state index contributed by atoms with van der Waals surface area (Å²) in [5.41, 5.74) is 1.74. The van der Waals surface area contributed by atoms with Gasteiger partial charge in [0.1, 0.15) is 0 Å². The zero-order valence-electron chi connectivity index (χ0n) is 11.0. The number of aromatic nitrogens is 1. The van der Waals surface area contributed by atoms with Gasteiger partial charge in [0.15, 0.2) is 0 Å². The Morgan fingerprint density at radius 2 is 2.11 bits per heavy atom. The molecule has 2 rings (SSSR count). The van der Waals surface area contributed by atoms with E-state index >= 15 is 0 Å². The maximum Gasteiger partial charge on any atom is 0.337 e. The first-order chi connectivity index (χ1) is 8.61. The molecule has 96 valence electrons. The average molecular weight is 246 g/mol. The number of fused-ring (bicyclic) bond motifs is 1. The van der Waals surface area contributed by atoms with Crippen LogP contribution in [0.2, 0.25) is 0 Å². The van der Waals surface area contributed by atoms with Gasteiger partial charge < -0.3 is 14.2 Å². The SMILES string of the molecule is COC(=O)c1ccc2c(ccn2CCN(C)C)c1. The number of nitrogens with zero attached hydrogens (tertiary/aromatic N) is 2. The highest BCUT2D eigenvalue weighted by Gasteiger charge is 2.08. The molecular weight excluding hydrogens is 228 g/mol. The van der Waals surface area contributed by atoms with Crippen LogP contribution in [0.4, 0.5) is 0 Å². The Balaban J connectivity index is 2.29. The molecule has 0 saturated heterocycles. The summed E-state index contributed by atoms with van der Waals surface area (Å²) in [5, 5.41) is 1.07. The monoisotopic (exact) mass is 246 g/mol. The van der Waals surface area contributed by atoms with E-state index in [4.69, 9.17) is 4.74 Å². The molecule has 0 unspecified atom stereocenters. The van der Waals surface area contributed by atoms with Crippen molar-refractivity contribution in [2.75, 3.05) is 27.7 Å². The summed E-state index contributed by atoms with van der Waals surface area (Å²) in [5.74, 6) is -0.294. The second-order valence-corrected chi connectivity index (χ2v) is 4.58. The van der Waals surface area contributed by atoms with Crippen molar-refractivity contribution in [3.8, 4) is 0 Å². The number of hydrogen-bond acceptors (Lipinski definition) is 3. The predicted octanol–water partition coefficient (Wildman–Crippen LogP) is 1.99. The minimum atomic E-state index is -0.294. The van der Waals surface area contributed by atoms with Crippen molar-refractivity contribution in [1.82, 2.24) is 9.47 Å². The van der Waals surface area contributed by atoms with E-state index in [1.54, 1.807) is 6.07 Å². The fraction of sp³-hybridized carbons (Fsp3) is 0.357. The molecule has 0 atom stereocenters. The number of rotatable bonds is 4. The summed E-state index contributed by atoms with van der Waals surface area (Å²) in [4.78, 5) is 13.6. The molecule has 1 aromatic heterocycles. The van der Waals surface area contributed by atoms with Gasteiger partial charge >= 0.3 is 5.97 Å². The molecule has 18 heavy (non-hydrogen) atoms.